The SMILES string of the molecule is CCc1cc(CNC2CC2)cc(OCC(C)C)n1. The fourth-order valence-corrected chi connectivity index (χ4v) is 1.78. The minimum atomic E-state index is 0.533. The summed E-state index contributed by atoms with van der Waals surface area (Å²) >= 11 is 0. The molecule has 1 heterocycles. The Labute approximate surface area is 110 Å². The maximum absolute atomic E-state index is 5.73. The molecule has 0 spiro atoms. The third-order valence-electron chi connectivity index (χ3n) is 3.01. The van der Waals surface area contributed by atoms with Gasteiger partial charge in [0.15, 0.2) is 0 Å². The molecule has 0 radical (unpaired) electrons. The van der Waals surface area contributed by atoms with Crippen LogP contribution in [0.15, 0.2) is 12.1 Å². The van der Waals surface area contributed by atoms with E-state index in [9.17, 15) is 0 Å². The van der Waals surface area contributed by atoms with Crippen molar-refractivity contribution in [1.29, 1.82) is 0 Å². The number of aryl methyl sites for hydroxylation is 1. The van der Waals surface area contributed by atoms with E-state index < -0.39 is 0 Å². The molecule has 0 atom stereocenters. The Morgan fingerprint density at radius 2 is 2.17 bits per heavy atom. The van der Waals surface area contributed by atoms with Crippen LogP contribution >= 0.6 is 0 Å². The van der Waals surface area contributed by atoms with Gasteiger partial charge in [0.1, 0.15) is 0 Å². The Morgan fingerprint density at radius 3 is 2.78 bits per heavy atom. The molecule has 0 unspecified atom stereocenters. The minimum Gasteiger partial charge on any atom is -0.477 e. The number of hydrogen-bond acceptors (Lipinski definition) is 3. The van der Waals surface area contributed by atoms with Gasteiger partial charge in [-0.1, -0.05) is 20.8 Å². The molecule has 1 aliphatic rings. The van der Waals surface area contributed by atoms with Crippen LogP contribution in [0.2, 0.25) is 0 Å². The van der Waals surface area contributed by atoms with Gasteiger partial charge in [0.25, 0.3) is 0 Å². The number of rotatable bonds is 7. The average Bonchev–Trinajstić information content (AvgIpc) is 3.17. The van der Waals surface area contributed by atoms with Crippen molar-refractivity contribution in [2.75, 3.05) is 6.61 Å². The molecule has 100 valence electrons. The molecule has 0 saturated heterocycles. The van der Waals surface area contributed by atoms with Crippen molar-refractivity contribution >= 4 is 0 Å². The van der Waals surface area contributed by atoms with Gasteiger partial charge in [-0.2, -0.15) is 0 Å². The van der Waals surface area contributed by atoms with Gasteiger partial charge in [0.2, 0.25) is 5.88 Å². The lowest BCUT2D eigenvalue weighted by Crippen LogP contribution is -2.16. The van der Waals surface area contributed by atoms with Crippen molar-refractivity contribution in [3.8, 4) is 5.88 Å². The van der Waals surface area contributed by atoms with Crippen LogP contribution in [0.25, 0.3) is 0 Å². The largest absolute Gasteiger partial charge is 0.477 e. The van der Waals surface area contributed by atoms with Gasteiger partial charge < -0.3 is 10.1 Å². The van der Waals surface area contributed by atoms with E-state index in [4.69, 9.17) is 4.74 Å². The molecule has 1 saturated carbocycles. The summed E-state index contributed by atoms with van der Waals surface area (Å²) in [7, 11) is 0. The van der Waals surface area contributed by atoms with E-state index in [1.807, 2.05) is 0 Å². The van der Waals surface area contributed by atoms with Crippen molar-refractivity contribution in [2.45, 2.75) is 52.6 Å². The fourth-order valence-electron chi connectivity index (χ4n) is 1.78. The third-order valence-corrected chi connectivity index (χ3v) is 3.01. The Bertz CT molecular complexity index is 362. The Morgan fingerprint density at radius 1 is 1.39 bits per heavy atom. The molecule has 1 aliphatic carbocycles. The average molecular weight is 248 g/mol. The smallest absolute Gasteiger partial charge is 0.213 e. The molecule has 1 aromatic heterocycles. The van der Waals surface area contributed by atoms with E-state index in [1.54, 1.807) is 0 Å². The van der Waals surface area contributed by atoms with Crippen molar-refractivity contribution in [3.05, 3.63) is 23.4 Å². The number of aromatic nitrogens is 1. The van der Waals surface area contributed by atoms with Crippen molar-refractivity contribution in [2.24, 2.45) is 5.92 Å². The normalized spacial score (nSPS) is 15.1. The Balaban J connectivity index is 2.00. The van der Waals surface area contributed by atoms with E-state index in [-0.39, 0.29) is 0 Å². The molecule has 18 heavy (non-hydrogen) atoms. The highest BCUT2D eigenvalue weighted by Crippen LogP contribution is 2.20. The topological polar surface area (TPSA) is 34.1 Å². The van der Waals surface area contributed by atoms with Gasteiger partial charge >= 0.3 is 0 Å². The molecular weight excluding hydrogens is 224 g/mol. The second-order valence-electron chi connectivity index (χ2n) is 5.52. The molecule has 3 nitrogen and oxygen atoms in total. The maximum atomic E-state index is 5.73. The van der Waals surface area contributed by atoms with Crippen LogP contribution in [0.4, 0.5) is 0 Å². The molecular formula is C15H24N2O. The van der Waals surface area contributed by atoms with E-state index in [1.165, 1.54) is 18.4 Å². The summed E-state index contributed by atoms with van der Waals surface area (Å²) in [4.78, 5) is 4.52. The first-order valence-electron chi connectivity index (χ1n) is 7.03. The van der Waals surface area contributed by atoms with Gasteiger partial charge in [0, 0.05) is 24.3 Å². The number of pyridine rings is 1. The standard InChI is InChI=1S/C15H24N2O/c1-4-13-7-12(9-16-14-5-6-14)8-15(17-13)18-10-11(2)3/h7-8,11,14,16H,4-6,9-10H2,1-3H3. The van der Waals surface area contributed by atoms with Gasteiger partial charge in [-0.05, 0) is 36.8 Å². The fraction of sp³-hybridized carbons (Fsp3) is 0.667. The second kappa shape index (κ2) is 6.19. The summed E-state index contributed by atoms with van der Waals surface area (Å²) in [5.41, 5.74) is 2.40. The lowest BCUT2D eigenvalue weighted by molar-refractivity contribution is 0.260. The summed E-state index contributed by atoms with van der Waals surface area (Å²) < 4.78 is 5.73. The molecule has 0 aromatic carbocycles. The van der Waals surface area contributed by atoms with Crippen LogP contribution in [-0.4, -0.2) is 17.6 Å². The van der Waals surface area contributed by atoms with E-state index in [0.717, 1.165) is 37.2 Å². The Kier molecular flexibility index (Phi) is 4.59. The quantitative estimate of drug-likeness (QED) is 0.805. The molecule has 2 rings (SSSR count). The molecule has 1 aromatic rings. The van der Waals surface area contributed by atoms with Crippen LogP contribution in [0, 0.1) is 5.92 Å². The zero-order chi connectivity index (χ0) is 13.0. The number of hydrogen-bond donors (Lipinski definition) is 1. The zero-order valence-corrected chi connectivity index (χ0v) is 11.7. The van der Waals surface area contributed by atoms with Crippen LogP contribution in [-0.2, 0) is 13.0 Å². The second-order valence-corrected chi connectivity index (χ2v) is 5.52. The minimum absolute atomic E-state index is 0.533. The lowest BCUT2D eigenvalue weighted by Gasteiger charge is -2.11. The summed E-state index contributed by atoms with van der Waals surface area (Å²) in [6.45, 7) is 8.10. The molecule has 0 bridgehead atoms. The predicted octanol–water partition coefficient (Wildman–Crippen LogP) is 2.93. The highest BCUT2D eigenvalue weighted by molar-refractivity contribution is 5.25. The number of nitrogens with zero attached hydrogens (tertiary/aromatic N) is 1. The first-order chi connectivity index (χ1) is 8.67. The lowest BCUT2D eigenvalue weighted by atomic mass is 10.2. The maximum Gasteiger partial charge on any atom is 0.213 e. The van der Waals surface area contributed by atoms with Gasteiger partial charge in [-0.15, -0.1) is 0 Å². The molecule has 1 fully saturated rings. The van der Waals surface area contributed by atoms with Crippen molar-refractivity contribution in [1.82, 2.24) is 10.3 Å². The third kappa shape index (κ3) is 4.30. The Hall–Kier alpha value is -1.09. The summed E-state index contributed by atoms with van der Waals surface area (Å²) in [6.07, 6.45) is 3.60. The summed E-state index contributed by atoms with van der Waals surface area (Å²) in [5, 5.41) is 3.53. The van der Waals surface area contributed by atoms with Gasteiger partial charge in [-0.3, -0.25) is 0 Å². The predicted molar refractivity (Wildman–Crippen MR) is 73.8 cm³/mol. The van der Waals surface area contributed by atoms with E-state index >= 15 is 0 Å². The van der Waals surface area contributed by atoms with Crippen LogP contribution in [0.5, 0.6) is 5.88 Å². The molecule has 1 N–H and O–H groups in total. The first-order valence-corrected chi connectivity index (χ1v) is 7.03. The van der Waals surface area contributed by atoms with Gasteiger partial charge in [0.05, 0.1) is 6.61 Å². The van der Waals surface area contributed by atoms with E-state index in [0.29, 0.717) is 5.92 Å². The summed E-state index contributed by atoms with van der Waals surface area (Å²) in [5.74, 6) is 1.31. The molecule has 3 heteroatoms. The van der Waals surface area contributed by atoms with Crippen LogP contribution < -0.4 is 10.1 Å². The zero-order valence-electron chi connectivity index (χ0n) is 11.7. The van der Waals surface area contributed by atoms with Gasteiger partial charge in [-0.25, -0.2) is 4.98 Å². The molecule has 0 amide bonds. The van der Waals surface area contributed by atoms with Crippen molar-refractivity contribution in [3.63, 3.8) is 0 Å². The number of ether oxygens (including phenoxy) is 1. The monoisotopic (exact) mass is 248 g/mol. The summed E-state index contributed by atoms with van der Waals surface area (Å²) in [6, 6.07) is 4.98. The molecule has 0 aliphatic heterocycles. The van der Waals surface area contributed by atoms with Crippen LogP contribution in [0.3, 0.4) is 0 Å². The van der Waals surface area contributed by atoms with E-state index in [2.05, 4.69) is 43.2 Å². The van der Waals surface area contributed by atoms with Crippen molar-refractivity contribution < 1.29 is 4.74 Å². The highest BCUT2D eigenvalue weighted by Gasteiger charge is 2.20. The van der Waals surface area contributed by atoms with Crippen LogP contribution in [0.1, 0.15) is 44.9 Å². The number of nitrogens with one attached hydrogen (secondary N) is 1. The highest BCUT2D eigenvalue weighted by atomic mass is 16.5. The first kappa shape index (κ1) is 13.3.